The van der Waals surface area contributed by atoms with Gasteiger partial charge in [-0.15, -0.1) is 23.5 Å². The summed E-state index contributed by atoms with van der Waals surface area (Å²) >= 11 is 3.56. The lowest BCUT2D eigenvalue weighted by Crippen LogP contribution is -1.85. The maximum Gasteiger partial charge on any atom is 0.0154 e. The fourth-order valence-electron chi connectivity index (χ4n) is 1.85. The number of aryl methyl sites for hydroxylation is 1. The Morgan fingerprint density at radius 3 is 2.41 bits per heavy atom. The van der Waals surface area contributed by atoms with Gasteiger partial charge in [0.15, 0.2) is 0 Å². The van der Waals surface area contributed by atoms with Crippen LogP contribution in [0.4, 0.5) is 0 Å². The van der Waals surface area contributed by atoms with Crippen molar-refractivity contribution in [3.8, 4) is 11.1 Å². The molecule has 17 heavy (non-hydrogen) atoms. The zero-order valence-corrected chi connectivity index (χ0v) is 11.9. The molecule has 0 saturated heterocycles. The van der Waals surface area contributed by atoms with E-state index < -0.39 is 0 Å². The third kappa shape index (κ3) is 2.70. The second kappa shape index (κ2) is 5.65. The fraction of sp³-hybridized carbons (Fsp3) is 0.200. The predicted molar refractivity (Wildman–Crippen MR) is 79.0 cm³/mol. The highest BCUT2D eigenvalue weighted by Gasteiger charge is 2.05. The summed E-state index contributed by atoms with van der Waals surface area (Å²) in [6.45, 7) is 2.16. The van der Waals surface area contributed by atoms with E-state index in [9.17, 15) is 0 Å². The van der Waals surface area contributed by atoms with Gasteiger partial charge in [-0.05, 0) is 48.8 Å². The van der Waals surface area contributed by atoms with Crippen molar-refractivity contribution in [3.05, 3.63) is 48.0 Å². The summed E-state index contributed by atoms with van der Waals surface area (Å²) in [5, 5.41) is 0. The molecule has 0 fully saturated rings. The van der Waals surface area contributed by atoms with Gasteiger partial charge in [0.1, 0.15) is 0 Å². The van der Waals surface area contributed by atoms with Crippen LogP contribution in [0.2, 0.25) is 0 Å². The van der Waals surface area contributed by atoms with Crippen molar-refractivity contribution in [3.63, 3.8) is 0 Å². The van der Waals surface area contributed by atoms with Crippen LogP contribution in [0, 0.1) is 13.0 Å². The molecule has 0 heterocycles. The van der Waals surface area contributed by atoms with Crippen molar-refractivity contribution in [1.82, 2.24) is 0 Å². The van der Waals surface area contributed by atoms with Crippen LogP contribution in [0.25, 0.3) is 11.1 Å². The molecule has 0 N–H and O–H groups in total. The molecule has 0 amide bonds. The highest BCUT2D eigenvalue weighted by atomic mass is 32.2. The minimum absolute atomic E-state index is 1.20. The van der Waals surface area contributed by atoms with E-state index in [4.69, 9.17) is 0 Å². The number of benzene rings is 2. The van der Waals surface area contributed by atoms with Crippen molar-refractivity contribution < 1.29 is 0 Å². The summed E-state index contributed by atoms with van der Waals surface area (Å²) in [7, 11) is 0. The summed E-state index contributed by atoms with van der Waals surface area (Å²) < 4.78 is 0. The SMILES string of the molecule is CSc1ccc[c]c1-c1ccc(SC)c(C)c1. The normalized spacial score (nSPS) is 10.5. The maximum atomic E-state index is 3.34. The van der Waals surface area contributed by atoms with Crippen molar-refractivity contribution >= 4 is 23.5 Å². The van der Waals surface area contributed by atoms with Gasteiger partial charge in [0, 0.05) is 15.4 Å². The van der Waals surface area contributed by atoms with E-state index >= 15 is 0 Å². The molecule has 2 aromatic rings. The molecule has 0 spiro atoms. The van der Waals surface area contributed by atoms with E-state index in [2.05, 4.69) is 49.8 Å². The number of thioether (sulfide) groups is 2. The molecule has 2 heteroatoms. The van der Waals surface area contributed by atoms with E-state index in [1.54, 1.807) is 23.5 Å². The smallest absolute Gasteiger partial charge is 0.0154 e. The molecular weight excluding hydrogens is 244 g/mol. The van der Waals surface area contributed by atoms with Crippen LogP contribution in [-0.2, 0) is 0 Å². The lowest BCUT2D eigenvalue weighted by molar-refractivity contribution is 1.30. The van der Waals surface area contributed by atoms with Gasteiger partial charge in [-0.25, -0.2) is 0 Å². The first kappa shape index (κ1) is 12.6. The molecule has 1 radical (unpaired) electrons. The fourth-order valence-corrected chi connectivity index (χ4v) is 3.03. The molecule has 0 bridgehead atoms. The Balaban J connectivity index is 2.49. The third-order valence-corrected chi connectivity index (χ3v) is 4.40. The Bertz CT molecular complexity index is 518. The van der Waals surface area contributed by atoms with E-state index in [-0.39, 0.29) is 0 Å². The van der Waals surface area contributed by atoms with Crippen LogP contribution in [0.1, 0.15) is 5.56 Å². The highest BCUT2D eigenvalue weighted by Crippen LogP contribution is 2.32. The van der Waals surface area contributed by atoms with Gasteiger partial charge >= 0.3 is 0 Å². The maximum absolute atomic E-state index is 3.34. The molecule has 0 saturated carbocycles. The van der Waals surface area contributed by atoms with Gasteiger partial charge in [0.25, 0.3) is 0 Å². The van der Waals surface area contributed by atoms with Crippen molar-refractivity contribution in [1.29, 1.82) is 0 Å². The van der Waals surface area contributed by atoms with Gasteiger partial charge in [-0.1, -0.05) is 24.3 Å². The average Bonchev–Trinajstić information content (AvgIpc) is 2.38. The van der Waals surface area contributed by atoms with Crippen molar-refractivity contribution in [2.45, 2.75) is 16.7 Å². The van der Waals surface area contributed by atoms with Crippen LogP contribution < -0.4 is 0 Å². The van der Waals surface area contributed by atoms with Gasteiger partial charge < -0.3 is 0 Å². The molecular formula is C15H15S2. The Morgan fingerprint density at radius 2 is 1.76 bits per heavy atom. The second-order valence-corrected chi connectivity index (χ2v) is 5.49. The molecule has 2 rings (SSSR count). The molecule has 87 valence electrons. The summed E-state index contributed by atoms with van der Waals surface area (Å²) in [5.41, 5.74) is 3.79. The Kier molecular flexibility index (Phi) is 4.19. The van der Waals surface area contributed by atoms with Crippen LogP contribution in [0.3, 0.4) is 0 Å². The van der Waals surface area contributed by atoms with Gasteiger partial charge in [0.05, 0.1) is 0 Å². The molecule has 0 aliphatic heterocycles. The van der Waals surface area contributed by atoms with Crippen LogP contribution >= 0.6 is 23.5 Å². The first-order chi connectivity index (χ1) is 8.26. The van der Waals surface area contributed by atoms with Crippen LogP contribution in [-0.4, -0.2) is 12.5 Å². The van der Waals surface area contributed by atoms with Crippen LogP contribution in [0.5, 0.6) is 0 Å². The molecule has 0 unspecified atom stereocenters. The highest BCUT2D eigenvalue weighted by molar-refractivity contribution is 7.99. The molecule has 0 aliphatic rings. The van der Waals surface area contributed by atoms with E-state index in [1.807, 2.05) is 12.1 Å². The summed E-state index contributed by atoms with van der Waals surface area (Å²) in [4.78, 5) is 2.62. The minimum Gasteiger partial charge on any atom is -0.129 e. The topological polar surface area (TPSA) is 0 Å². The Morgan fingerprint density at radius 1 is 1.00 bits per heavy atom. The van der Waals surface area contributed by atoms with Crippen molar-refractivity contribution in [2.75, 3.05) is 12.5 Å². The number of rotatable bonds is 3. The average molecular weight is 259 g/mol. The summed E-state index contributed by atoms with van der Waals surface area (Å²) in [5.74, 6) is 0. The molecule has 0 atom stereocenters. The zero-order chi connectivity index (χ0) is 12.3. The molecule has 2 aromatic carbocycles. The summed E-state index contributed by atoms with van der Waals surface area (Å²) in [6.07, 6.45) is 4.22. The lowest BCUT2D eigenvalue weighted by Gasteiger charge is -2.09. The third-order valence-electron chi connectivity index (χ3n) is 2.72. The summed E-state index contributed by atoms with van der Waals surface area (Å²) in [6, 6.07) is 16.1. The van der Waals surface area contributed by atoms with Gasteiger partial charge in [-0.2, -0.15) is 0 Å². The standard InChI is InChI=1S/C15H15S2/c1-11-10-12(8-9-14(11)16-2)13-6-4-5-7-15(13)17-3/h4-5,7-10H,1-3H3. The lowest BCUT2D eigenvalue weighted by atomic mass is 10.0. The van der Waals surface area contributed by atoms with E-state index in [1.165, 1.54) is 26.5 Å². The van der Waals surface area contributed by atoms with Gasteiger partial charge in [-0.3, -0.25) is 0 Å². The Labute approximate surface area is 112 Å². The molecule has 0 nitrogen and oxygen atoms in total. The van der Waals surface area contributed by atoms with E-state index in [0.29, 0.717) is 0 Å². The number of hydrogen-bond acceptors (Lipinski definition) is 2. The zero-order valence-electron chi connectivity index (χ0n) is 10.3. The number of hydrogen-bond donors (Lipinski definition) is 0. The quantitative estimate of drug-likeness (QED) is 0.719. The largest absolute Gasteiger partial charge is 0.129 e. The van der Waals surface area contributed by atoms with Crippen LogP contribution in [0.15, 0.2) is 46.2 Å². The first-order valence-corrected chi connectivity index (χ1v) is 7.91. The predicted octanol–water partition coefficient (Wildman–Crippen LogP) is 4.91. The first-order valence-electron chi connectivity index (χ1n) is 5.46. The molecule has 0 aliphatic carbocycles. The minimum atomic E-state index is 1.20. The Hall–Kier alpha value is -0.860. The van der Waals surface area contributed by atoms with Gasteiger partial charge in [0.2, 0.25) is 0 Å². The monoisotopic (exact) mass is 259 g/mol. The second-order valence-electron chi connectivity index (χ2n) is 3.80. The van der Waals surface area contributed by atoms with Crippen molar-refractivity contribution in [2.24, 2.45) is 0 Å². The molecule has 0 aromatic heterocycles. The van der Waals surface area contributed by atoms with E-state index in [0.717, 1.165) is 0 Å².